The van der Waals surface area contributed by atoms with E-state index in [-0.39, 0.29) is 16.8 Å². The molecule has 0 radical (unpaired) electrons. The van der Waals surface area contributed by atoms with E-state index in [1.165, 1.54) is 0 Å². The van der Waals surface area contributed by atoms with E-state index in [0.717, 1.165) is 19.3 Å². The smallest absolute Gasteiger partial charge is 0.347 e. The Balaban J connectivity index is 3.15. The minimum absolute atomic E-state index is 0.00374. The topological polar surface area (TPSA) is 52.6 Å². The zero-order valence-electron chi connectivity index (χ0n) is 16.0. The molecule has 1 saturated heterocycles. The molecule has 0 saturated carbocycles. The molecular formula is C19H34O4. The lowest BCUT2D eigenvalue weighted by Gasteiger charge is -2.47. The Morgan fingerprint density at radius 2 is 1.83 bits per heavy atom. The summed E-state index contributed by atoms with van der Waals surface area (Å²) >= 11 is 0. The van der Waals surface area contributed by atoms with Crippen molar-refractivity contribution in [1.29, 1.82) is 0 Å². The normalized spacial score (nSPS) is 21.7. The molecule has 0 N–H and O–H groups in total. The lowest BCUT2D eigenvalue weighted by molar-refractivity contribution is -0.178. The maximum Gasteiger partial charge on any atom is 0.347 e. The standard InChI is InChI=1S/C19H34O4/c1-8-11-18(6,7)19(9-2,13-17(3,4)5)16(21)23-14-10-12-22-15(14)20/h14H,8-13H2,1-7H3. The second kappa shape index (κ2) is 7.23. The second-order valence-corrected chi connectivity index (χ2v) is 8.66. The first kappa shape index (κ1) is 20.0. The summed E-state index contributed by atoms with van der Waals surface area (Å²) in [5.41, 5.74) is -0.788. The average molecular weight is 326 g/mol. The molecule has 0 aromatic heterocycles. The van der Waals surface area contributed by atoms with Crippen LogP contribution in [-0.2, 0) is 19.1 Å². The SMILES string of the molecule is CCCC(C)(C)C(CC)(CC(C)(C)C)C(=O)OC1CCOC1=O. The zero-order valence-corrected chi connectivity index (χ0v) is 16.0. The van der Waals surface area contributed by atoms with E-state index in [1.54, 1.807) is 0 Å². The van der Waals surface area contributed by atoms with Gasteiger partial charge in [0.1, 0.15) is 0 Å². The van der Waals surface area contributed by atoms with Crippen LogP contribution in [0.3, 0.4) is 0 Å². The van der Waals surface area contributed by atoms with E-state index in [0.29, 0.717) is 19.4 Å². The number of carbonyl (C=O) groups is 2. The summed E-state index contributed by atoms with van der Waals surface area (Å²) in [5.74, 6) is -0.648. The Labute approximate surface area is 141 Å². The molecule has 134 valence electrons. The molecule has 1 heterocycles. The maximum atomic E-state index is 13.2. The predicted octanol–water partition coefficient (Wildman–Crippen LogP) is 4.50. The third kappa shape index (κ3) is 4.48. The van der Waals surface area contributed by atoms with Crippen molar-refractivity contribution in [3.63, 3.8) is 0 Å². The third-order valence-electron chi connectivity index (χ3n) is 5.13. The van der Waals surface area contributed by atoms with Crippen molar-refractivity contribution >= 4 is 11.9 Å². The van der Waals surface area contributed by atoms with Gasteiger partial charge >= 0.3 is 11.9 Å². The highest BCUT2D eigenvalue weighted by molar-refractivity contribution is 5.83. The number of rotatable bonds is 7. The summed E-state index contributed by atoms with van der Waals surface area (Å²) in [6.45, 7) is 15.3. The van der Waals surface area contributed by atoms with Gasteiger partial charge in [-0.1, -0.05) is 54.9 Å². The van der Waals surface area contributed by atoms with Gasteiger partial charge in [0.05, 0.1) is 12.0 Å². The highest BCUT2D eigenvalue weighted by Gasteiger charge is 2.53. The summed E-state index contributed by atoms with van der Waals surface area (Å²) in [4.78, 5) is 24.9. The average Bonchev–Trinajstić information content (AvgIpc) is 2.80. The molecule has 23 heavy (non-hydrogen) atoms. The van der Waals surface area contributed by atoms with Gasteiger partial charge in [-0.25, -0.2) is 4.79 Å². The fourth-order valence-electron chi connectivity index (χ4n) is 3.93. The molecule has 4 heteroatoms. The second-order valence-electron chi connectivity index (χ2n) is 8.66. The van der Waals surface area contributed by atoms with Crippen LogP contribution in [-0.4, -0.2) is 24.6 Å². The van der Waals surface area contributed by atoms with Crippen LogP contribution in [0.2, 0.25) is 0 Å². The molecule has 0 aromatic carbocycles. The first-order valence-electron chi connectivity index (χ1n) is 8.87. The number of carbonyl (C=O) groups excluding carboxylic acids is 2. The van der Waals surface area contributed by atoms with Crippen LogP contribution in [0.1, 0.15) is 80.6 Å². The van der Waals surface area contributed by atoms with Crippen LogP contribution in [0.5, 0.6) is 0 Å². The monoisotopic (exact) mass is 326 g/mol. The van der Waals surface area contributed by atoms with Gasteiger partial charge in [0.25, 0.3) is 0 Å². The largest absolute Gasteiger partial charge is 0.463 e. The summed E-state index contributed by atoms with van der Waals surface area (Å²) in [6.07, 6.45) is 3.14. The lowest BCUT2D eigenvalue weighted by atomic mass is 9.56. The molecule has 0 bridgehead atoms. The minimum Gasteiger partial charge on any atom is -0.463 e. The van der Waals surface area contributed by atoms with Crippen LogP contribution in [0.15, 0.2) is 0 Å². The van der Waals surface area contributed by atoms with E-state index < -0.39 is 17.5 Å². The Hall–Kier alpha value is -1.06. The van der Waals surface area contributed by atoms with E-state index in [2.05, 4.69) is 48.5 Å². The Morgan fingerprint density at radius 1 is 1.22 bits per heavy atom. The van der Waals surface area contributed by atoms with Crippen molar-refractivity contribution in [2.45, 2.75) is 86.7 Å². The zero-order chi connectivity index (χ0) is 17.9. The Bertz CT molecular complexity index is 433. The van der Waals surface area contributed by atoms with E-state index in [1.807, 2.05) is 0 Å². The number of ether oxygens (including phenoxy) is 2. The van der Waals surface area contributed by atoms with Crippen molar-refractivity contribution in [2.24, 2.45) is 16.2 Å². The van der Waals surface area contributed by atoms with E-state index in [9.17, 15) is 9.59 Å². The molecule has 0 amide bonds. The van der Waals surface area contributed by atoms with E-state index in [4.69, 9.17) is 9.47 Å². The molecule has 0 aliphatic carbocycles. The van der Waals surface area contributed by atoms with Crippen molar-refractivity contribution in [3.05, 3.63) is 0 Å². The molecule has 1 aliphatic heterocycles. The van der Waals surface area contributed by atoms with Gasteiger partial charge in [-0.05, 0) is 30.1 Å². The quantitative estimate of drug-likeness (QED) is 0.646. The van der Waals surface area contributed by atoms with Gasteiger partial charge in [0.15, 0.2) is 0 Å². The van der Waals surface area contributed by atoms with Crippen LogP contribution < -0.4 is 0 Å². The minimum atomic E-state index is -0.731. The number of cyclic esters (lactones) is 1. The lowest BCUT2D eigenvalue weighted by Crippen LogP contribution is -2.49. The van der Waals surface area contributed by atoms with Crippen molar-refractivity contribution in [2.75, 3.05) is 6.61 Å². The van der Waals surface area contributed by atoms with Gasteiger partial charge in [-0.15, -0.1) is 0 Å². The molecule has 0 aromatic rings. The highest BCUT2D eigenvalue weighted by atomic mass is 16.6. The molecular weight excluding hydrogens is 292 g/mol. The van der Waals surface area contributed by atoms with Crippen molar-refractivity contribution in [1.82, 2.24) is 0 Å². The fourth-order valence-corrected chi connectivity index (χ4v) is 3.93. The van der Waals surface area contributed by atoms with Gasteiger partial charge in [0.2, 0.25) is 6.10 Å². The number of esters is 2. The van der Waals surface area contributed by atoms with Crippen LogP contribution >= 0.6 is 0 Å². The molecule has 1 rings (SSSR count). The molecule has 4 nitrogen and oxygen atoms in total. The van der Waals surface area contributed by atoms with Gasteiger partial charge in [-0.3, -0.25) is 4.79 Å². The number of hydrogen-bond donors (Lipinski definition) is 0. The van der Waals surface area contributed by atoms with Gasteiger partial charge < -0.3 is 9.47 Å². The van der Waals surface area contributed by atoms with Crippen molar-refractivity contribution < 1.29 is 19.1 Å². The van der Waals surface area contributed by atoms with E-state index >= 15 is 0 Å². The summed E-state index contributed by atoms with van der Waals surface area (Å²) in [5, 5.41) is 0. The van der Waals surface area contributed by atoms with Crippen LogP contribution in [0, 0.1) is 16.2 Å². The van der Waals surface area contributed by atoms with Gasteiger partial charge in [-0.2, -0.15) is 0 Å². The number of hydrogen-bond acceptors (Lipinski definition) is 4. The summed E-state index contributed by atoms with van der Waals surface area (Å²) < 4.78 is 10.6. The molecule has 1 fully saturated rings. The Morgan fingerprint density at radius 3 is 2.22 bits per heavy atom. The predicted molar refractivity (Wildman–Crippen MR) is 90.9 cm³/mol. The fraction of sp³-hybridized carbons (Fsp3) is 0.895. The molecule has 2 atom stereocenters. The molecule has 0 spiro atoms. The summed E-state index contributed by atoms with van der Waals surface area (Å²) in [7, 11) is 0. The summed E-state index contributed by atoms with van der Waals surface area (Å²) in [6, 6.07) is 0. The maximum absolute atomic E-state index is 13.2. The molecule has 2 unspecified atom stereocenters. The highest BCUT2D eigenvalue weighted by Crippen LogP contribution is 2.52. The van der Waals surface area contributed by atoms with Crippen LogP contribution in [0.25, 0.3) is 0 Å². The first-order chi connectivity index (χ1) is 10.5. The third-order valence-corrected chi connectivity index (χ3v) is 5.13. The Kier molecular flexibility index (Phi) is 6.28. The first-order valence-corrected chi connectivity index (χ1v) is 8.87. The van der Waals surface area contributed by atoms with Crippen molar-refractivity contribution in [3.8, 4) is 0 Å². The van der Waals surface area contributed by atoms with Crippen LogP contribution in [0.4, 0.5) is 0 Å². The van der Waals surface area contributed by atoms with Gasteiger partial charge in [0, 0.05) is 6.42 Å². The molecule has 1 aliphatic rings.